The highest BCUT2D eigenvalue weighted by Crippen LogP contribution is 2.31. The van der Waals surface area contributed by atoms with Crippen molar-refractivity contribution in [2.75, 3.05) is 5.32 Å². The number of nitrogens with zero attached hydrogens (tertiary/aromatic N) is 3. The molecule has 0 atom stereocenters. The van der Waals surface area contributed by atoms with Crippen molar-refractivity contribution >= 4 is 16.7 Å². The molecule has 1 N–H and O–H groups in total. The van der Waals surface area contributed by atoms with Crippen LogP contribution in [0.4, 0.5) is 5.82 Å². The number of fused-ring (bicyclic) bond motifs is 1. The van der Waals surface area contributed by atoms with E-state index in [1.54, 1.807) is 18.9 Å². The van der Waals surface area contributed by atoms with Crippen LogP contribution in [0.25, 0.3) is 22.0 Å². The number of hydrogen-bond donors (Lipinski definition) is 1. The maximum Gasteiger partial charge on any atom is 0.141 e. The molecule has 0 aliphatic carbocycles. The Bertz CT molecular complexity index is 970. The van der Waals surface area contributed by atoms with Crippen LogP contribution < -0.4 is 5.32 Å². The lowest BCUT2D eigenvalue weighted by Crippen LogP contribution is -2.01. The summed E-state index contributed by atoms with van der Waals surface area (Å²) in [7, 11) is 0. The van der Waals surface area contributed by atoms with Gasteiger partial charge in [-0.05, 0) is 37.6 Å². The van der Waals surface area contributed by atoms with Gasteiger partial charge in [0.1, 0.15) is 17.9 Å². The minimum Gasteiger partial charge on any atom is -0.472 e. The van der Waals surface area contributed by atoms with E-state index in [4.69, 9.17) is 8.94 Å². The van der Waals surface area contributed by atoms with Crippen molar-refractivity contribution in [1.82, 2.24) is 15.1 Å². The van der Waals surface area contributed by atoms with Gasteiger partial charge in [0.15, 0.2) is 0 Å². The number of hydrogen-bond acceptors (Lipinski definition) is 6. The maximum absolute atomic E-state index is 5.28. The van der Waals surface area contributed by atoms with Gasteiger partial charge in [0, 0.05) is 23.1 Å². The van der Waals surface area contributed by atoms with Crippen LogP contribution in [-0.2, 0) is 6.54 Å². The number of nitrogens with one attached hydrogen (secondary N) is 1. The van der Waals surface area contributed by atoms with Gasteiger partial charge >= 0.3 is 0 Å². The van der Waals surface area contributed by atoms with Gasteiger partial charge in [0.2, 0.25) is 0 Å². The molecule has 0 amide bonds. The lowest BCUT2D eigenvalue weighted by molar-refractivity contribution is 0.393. The van der Waals surface area contributed by atoms with Gasteiger partial charge in [0.05, 0.1) is 23.7 Å². The Morgan fingerprint density at radius 3 is 2.79 bits per heavy atom. The topological polar surface area (TPSA) is 77.0 Å². The predicted molar refractivity (Wildman–Crippen MR) is 90.5 cm³/mol. The van der Waals surface area contributed by atoms with Crippen LogP contribution in [0.15, 0.2) is 52.1 Å². The van der Waals surface area contributed by atoms with Gasteiger partial charge < -0.3 is 14.3 Å². The van der Waals surface area contributed by atoms with Crippen molar-refractivity contribution < 1.29 is 8.94 Å². The van der Waals surface area contributed by atoms with Crippen LogP contribution in [0.2, 0.25) is 0 Å². The zero-order valence-corrected chi connectivity index (χ0v) is 13.4. The van der Waals surface area contributed by atoms with Gasteiger partial charge in [-0.15, -0.1) is 0 Å². The molecule has 0 fully saturated rings. The summed E-state index contributed by atoms with van der Waals surface area (Å²) in [5, 5.41) is 8.33. The molecule has 0 aliphatic heterocycles. The molecule has 3 aromatic heterocycles. The molecule has 0 saturated carbocycles. The number of aryl methyl sites for hydroxylation is 2. The number of rotatable bonds is 4. The van der Waals surface area contributed by atoms with E-state index in [1.165, 1.54) is 0 Å². The van der Waals surface area contributed by atoms with E-state index in [2.05, 4.69) is 26.5 Å². The van der Waals surface area contributed by atoms with E-state index in [-0.39, 0.29) is 0 Å². The van der Waals surface area contributed by atoms with E-state index < -0.39 is 0 Å². The smallest absolute Gasteiger partial charge is 0.141 e. The Morgan fingerprint density at radius 2 is 2.04 bits per heavy atom. The van der Waals surface area contributed by atoms with Gasteiger partial charge in [-0.1, -0.05) is 11.2 Å². The van der Waals surface area contributed by atoms with Crippen LogP contribution in [0, 0.1) is 13.8 Å². The molecular weight excluding hydrogens is 304 g/mol. The van der Waals surface area contributed by atoms with Crippen molar-refractivity contribution in [3.8, 4) is 11.1 Å². The van der Waals surface area contributed by atoms with Gasteiger partial charge in [-0.25, -0.2) is 9.97 Å². The molecule has 24 heavy (non-hydrogen) atoms. The Balaban J connectivity index is 1.76. The van der Waals surface area contributed by atoms with E-state index in [0.29, 0.717) is 6.54 Å². The number of anilines is 1. The number of furan rings is 1. The SMILES string of the molecule is Cc1noc(C)c1-c1ccc2ncnc(NCc3ccoc3)c2c1. The third-order valence-electron chi connectivity index (χ3n) is 4.00. The zero-order valence-electron chi connectivity index (χ0n) is 13.4. The molecule has 0 spiro atoms. The maximum atomic E-state index is 5.28. The second-order valence-corrected chi connectivity index (χ2v) is 5.64. The fraction of sp³-hybridized carbons (Fsp3) is 0.167. The highest BCUT2D eigenvalue weighted by molar-refractivity contribution is 5.92. The number of aromatic nitrogens is 3. The molecule has 3 heterocycles. The molecule has 0 saturated heterocycles. The molecule has 6 heteroatoms. The summed E-state index contributed by atoms with van der Waals surface area (Å²) in [5.41, 5.74) is 4.87. The molecule has 6 nitrogen and oxygen atoms in total. The van der Waals surface area contributed by atoms with Crippen molar-refractivity contribution in [3.05, 3.63) is 60.1 Å². The summed E-state index contributed by atoms with van der Waals surface area (Å²) < 4.78 is 10.4. The molecule has 0 aliphatic rings. The van der Waals surface area contributed by atoms with Gasteiger partial charge in [0.25, 0.3) is 0 Å². The first-order valence-corrected chi connectivity index (χ1v) is 7.65. The van der Waals surface area contributed by atoms with Crippen molar-refractivity contribution in [3.63, 3.8) is 0 Å². The van der Waals surface area contributed by atoms with E-state index in [0.717, 1.165) is 44.9 Å². The quantitative estimate of drug-likeness (QED) is 0.610. The molecule has 4 aromatic rings. The second kappa shape index (κ2) is 5.81. The average molecular weight is 320 g/mol. The highest BCUT2D eigenvalue weighted by Gasteiger charge is 2.13. The predicted octanol–water partition coefficient (Wildman–Crippen LogP) is 4.11. The zero-order chi connectivity index (χ0) is 16.5. The van der Waals surface area contributed by atoms with Crippen molar-refractivity contribution in [2.45, 2.75) is 20.4 Å². The molecule has 0 unspecified atom stereocenters. The standard InChI is InChI=1S/C18H16N4O2/c1-11-17(12(2)24-22-11)14-3-4-16-15(7-14)18(21-10-20-16)19-8-13-5-6-23-9-13/h3-7,9-10H,8H2,1-2H3,(H,19,20,21). The van der Waals surface area contributed by atoms with Crippen LogP contribution in [-0.4, -0.2) is 15.1 Å². The molecule has 4 rings (SSSR count). The summed E-state index contributed by atoms with van der Waals surface area (Å²) in [6.45, 7) is 4.49. The first kappa shape index (κ1) is 14.4. The Hall–Kier alpha value is -3.15. The first-order chi connectivity index (χ1) is 11.7. The lowest BCUT2D eigenvalue weighted by atomic mass is 10.0. The largest absolute Gasteiger partial charge is 0.472 e. The summed E-state index contributed by atoms with van der Waals surface area (Å²) >= 11 is 0. The van der Waals surface area contributed by atoms with Gasteiger partial charge in [-0.2, -0.15) is 0 Å². The van der Waals surface area contributed by atoms with Crippen LogP contribution in [0.5, 0.6) is 0 Å². The molecule has 120 valence electrons. The van der Waals surface area contributed by atoms with Crippen LogP contribution >= 0.6 is 0 Å². The molecule has 1 aromatic carbocycles. The Morgan fingerprint density at radius 1 is 1.12 bits per heavy atom. The van der Waals surface area contributed by atoms with Gasteiger partial charge in [-0.3, -0.25) is 0 Å². The number of benzene rings is 1. The van der Waals surface area contributed by atoms with Crippen LogP contribution in [0.1, 0.15) is 17.0 Å². The van der Waals surface area contributed by atoms with Crippen LogP contribution in [0.3, 0.4) is 0 Å². The van der Waals surface area contributed by atoms with E-state index >= 15 is 0 Å². The van der Waals surface area contributed by atoms with Crippen molar-refractivity contribution in [2.24, 2.45) is 0 Å². The molecular formula is C18H16N4O2. The Kier molecular flexibility index (Phi) is 3.49. The highest BCUT2D eigenvalue weighted by atomic mass is 16.5. The minimum atomic E-state index is 0.637. The molecule has 0 radical (unpaired) electrons. The van der Waals surface area contributed by atoms with E-state index in [1.807, 2.05) is 32.0 Å². The first-order valence-electron chi connectivity index (χ1n) is 7.65. The Labute approximate surface area is 138 Å². The monoisotopic (exact) mass is 320 g/mol. The fourth-order valence-corrected chi connectivity index (χ4v) is 2.83. The summed E-state index contributed by atoms with van der Waals surface area (Å²) in [6, 6.07) is 8.01. The normalized spacial score (nSPS) is 11.1. The van der Waals surface area contributed by atoms with Crippen molar-refractivity contribution in [1.29, 1.82) is 0 Å². The lowest BCUT2D eigenvalue weighted by Gasteiger charge is -2.09. The second-order valence-electron chi connectivity index (χ2n) is 5.64. The van der Waals surface area contributed by atoms with E-state index in [9.17, 15) is 0 Å². The average Bonchev–Trinajstić information content (AvgIpc) is 3.22. The third kappa shape index (κ3) is 2.52. The molecule has 0 bridgehead atoms. The summed E-state index contributed by atoms with van der Waals surface area (Å²) in [5.74, 6) is 1.59. The summed E-state index contributed by atoms with van der Waals surface area (Å²) in [4.78, 5) is 8.73. The fourth-order valence-electron chi connectivity index (χ4n) is 2.83. The minimum absolute atomic E-state index is 0.637. The third-order valence-corrected chi connectivity index (χ3v) is 4.00. The summed E-state index contributed by atoms with van der Waals surface area (Å²) in [6.07, 6.45) is 4.94.